The second-order valence-electron chi connectivity index (χ2n) is 10.0. The first-order chi connectivity index (χ1) is 17.1. The van der Waals surface area contributed by atoms with Crippen molar-refractivity contribution in [3.05, 3.63) is 64.1 Å². The van der Waals surface area contributed by atoms with Gasteiger partial charge >= 0.3 is 0 Å². The van der Waals surface area contributed by atoms with E-state index in [-0.39, 0.29) is 17.1 Å². The molecule has 2 heterocycles. The van der Waals surface area contributed by atoms with E-state index in [1.54, 1.807) is 32.4 Å². The van der Waals surface area contributed by atoms with Gasteiger partial charge in [0.05, 0.1) is 21.3 Å². The summed E-state index contributed by atoms with van der Waals surface area (Å²) < 4.78 is 16.7. The lowest BCUT2D eigenvalue weighted by Gasteiger charge is -2.39. The maximum absolute atomic E-state index is 13.7. The van der Waals surface area contributed by atoms with Crippen LogP contribution in [0.5, 0.6) is 17.2 Å². The van der Waals surface area contributed by atoms with Crippen molar-refractivity contribution in [3.63, 3.8) is 0 Å². The average molecular weight is 492 g/mol. The number of pyridine rings is 1. The fraction of sp³-hybridized carbons (Fsp3) is 0.393. The minimum Gasteiger partial charge on any atom is -0.493 e. The zero-order chi connectivity index (χ0) is 26.2. The highest BCUT2D eigenvalue weighted by atomic mass is 16.5. The molecule has 1 amide bonds. The van der Waals surface area contributed by atoms with Crippen LogP contribution in [-0.2, 0) is 9.59 Å². The number of allylic oxidation sites excluding steroid dienone is 3. The summed E-state index contributed by atoms with van der Waals surface area (Å²) in [5, 5.41) is 6.30. The van der Waals surface area contributed by atoms with E-state index >= 15 is 0 Å². The molecule has 1 aromatic carbocycles. The number of nitrogens with one attached hydrogen (secondary N) is 2. The number of aryl methyl sites for hydroxylation is 1. The number of ether oxygens (including phenoxy) is 3. The van der Waals surface area contributed by atoms with Gasteiger partial charge in [0.25, 0.3) is 5.91 Å². The Balaban J connectivity index is 1.90. The van der Waals surface area contributed by atoms with E-state index in [4.69, 9.17) is 14.2 Å². The molecule has 2 aliphatic rings. The number of Topliss-reactive ketones (excluding diaryl/α,β-unsaturated/α-hetero) is 1. The predicted octanol–water partition coefficient (Wildman–Crippen LogP) is 4.66. The number of ketones is 1. The van der Waals surface area contributed by atoms with Crippen LogP contribution >= 0.6 is 0 Å². The van der Waals surface area contributed by atoms with Crippen molar-refractivity contribution in [1.82, 2.24) is 10.3 Å². The molecule has 1 aromatic heterocycles. The van der Waals surface area contributed by atoms with Crippen LogP contribution in [-0.4, -0.2) is 38.0 Å². The molecule has 0 spiro atoms. The normalized spacial score (nSPS) is 18.9. The van der Waals surface area contributed by atoms with Gasteiger partial charge in [-0.25, -0.2) is 4.98 Å². The predicted molar refractivity (Wildman–Crippen MR) is 137 cm³/mol. The van der Waals surface area contributed by atoms with Crippen LogP contribution < -0.4 is 24.8 Å². The summed E-state index contributed by atoms with van der Waals surface area (Å²) in [6, 6.07) is 9.05. The van der Waals surface area contributed by atoms with Crippen molar-refractivity contribution in [2.45, 2.75) is 46.5 Å². The highest BCUT2D eigenvalue weighted by Gasteiger charge is 2.43. The maximum Gasteiger partial charge on any atom is 0.255 e. The molecule has 0 saturated heterocycles. The Kier molecular flexibility index (Phi) is 6.80. The number of amides is 1. The molecule has 8 heteroatoms. The minimum atomic E-state index is -0.622. The summed E-state index contributed by atoms with van der Waals surface area (Å²) >= 11 is 0. The van der Waals surface area contributed by atoms with E-state index in [0.29, 0.717) is 58.3 Å². The second kappa shape index (κ2) is 9.68. The maximum atomic E-state index is 13.7. The molecule has 0 radical (unpaired) electrons. The largest absolute Gasteiger partial charge is 0.493 e. The van der Waals surface area contributed by atoms with E-state index in [2.05, 4.69) is 29.5 Å². The van der Waals surface area contributed by atoms with E-state index in [1.807, 2.05) is 26.0 Å². The lowest BCUT2D eigenvalue weighted by atomic mass is 9.68. The van der Waals surface area contributed by atoms with Crippen LogP contribution in [0.15, 0.2) is 52.9 Å². The van der Waals surface area contributed by atoms with Crippen molar-refractivity contribution in [1.29, 1.82) is 0 Å². The molecule has 0 bridgehead atoms. The Morgan fingerprint density at radius 1 is 1.06 bits per heavy atom. The number of carbonyl (C=O) groups excluding carboxylic acids is 2. The third-order valence-electron chi connectivity index (χ3n) is 6.63. The Morgan fingerprint density at radius 2 is 1.72 bits per heavy atom. The fourth-order valence-corrected chi connectivity index (χ4v) is 5.13. The molecule has 8 nitrogen and oxygen atoms in total. The van der Waals surface area contributed by atoms with Crippen LogP contribution in [0.25, 0.3) is 0 Å². The highest BCUT2D eigenvalue weighted by Crippen LogP contribution is 2.49. The SMILES string of the molecule is COc1cc(C2C(C(=O)Nc3cccc(C)n3)=C(C)NC3=C2C(=O)CC(C)(C)C3)cc(OC)c1OC. The number of benzene rings is 1. The Morgan fingerprint density at radius 3 is 2.31 bits per heavy atom. The molecule has 0 saturated carbocycles. The molecule has 2 N–H and O–H groups in total. The molecule has 4 rings (SSSR count). The van der Waals surface area contributed by atoms with Gasteiger partial charge in [-0.1, -0.05) is 19.9 Å². The van der Waals surface area contributed by atoms with Crippen molar-refractivity contribution in [2.24, 2.45) is 5.41 Å². The van der Waals surface area contributed by atoms with Crippen molar-refractivity contribution >= 4 is 17.5 Å². The third kappa shape index (κ3) is 4.67. The number of anilines is 1. The number of dihydropyridines is 1. The molecule has 190 valence electrons. The molecule has 1 atom stereocenters. The van der Waals surface area contributed by atoms with Gasteiger partial charge in [0.15, 0.2) is 17.3 Å². The van der Waals surface area contributed by atoms with Gasteiger partial charge in [-0.15, -0.1) is 0 Å². The number of methoxy groups -OCH3 is 3. The monoisotopic (exact) mass is 491 g/mol. The molecule has 1 aliphatic carbocycles. The number of nitrogens with zero attached hydrogens (tertiary/aromatic N) is 1. The first-order valence-corrected chi connectivity index (χ1v) is 11.9. The summed E-state index contributed by atoms with van der Waals surface area (Å²) in [7, 11) is 4.62. The van der Waals surface area contributed by atoms with E-state index in [9.17, 15) is 9.59 Å². The van der Waals surface area contributed by atoms with Crippen LogP contribution in [0.4, 0.5) is 5.82 Å². The van der Waals surface area contributed by atoms with Crippen molar-refractivity contribution in [2.75, 3.05) is 26.6 Å². The molecule has 2 aromatic rings. The molecule has 36 heavy (non-hydrogen) atoms. The van der Waals surface area contributed by atoms with Crippen LogP contribution in [0.2, 0.25) is 0 Å². The van der Waals surface area contributed by atoms with Crippen LogP contribution in [0.3, 0.4) is 0 Å². The lowest BCUT2D eigenvalue weighted by molar-refractivity contribution is -0.118. The van der Waals surface area contributed by atoms with E-state index < -0.39 is 5.92 Å². The van der Waals surface area contributed by atoms with Crippen molar-refractivity contribution < 1.29 is 23.8 Å². The Labute approximate surface area is 211 Å². The lowest BCUT2D eigenvalue weighted by Crippen LogP contribution is -2.39. The summed E-state index contributed by atoms with van der Waals surface area (Å²) in [5.41, 5.74) is 3.87. The van der Waals surface area contributed by atoms with Crippen LogP contribution in [0, 0.1) is 12.3 Å². The summed E-state index contributed by atoms with van der Waals surface area (Å²) in [4.78, 5) is 31.7. The quantitative estimate of drug-likeness (QED) is 0.606. The number of carbonyl (C=O) groups is 2. The van der Waals surface area contributed by atoms with E-state index in [1.165, 1.54) is 7.11 Å². The standard InChI is InChI=1S/C28H33N3O5/c1-15-9-8-10-22(29-15)31-27(33)23-16(2)30-18-13-28(3,4)14-19(32)25(18)24(23)17-11-20(34-5)26(36-7)21(12-17)35-6/h8-12,24,30H,13-14H2,1-7H3,(H,29,31,33). The first kappa shape index (κ1) is 25.3. The summed E-state index contributed by atoms with van der Waals surface area (Å²) in [5.74, 6) is 0.852. The number of hydrogen-bond acceptors (Lipinski definition) is 7. The molecular formula is C28H33N3O5. The summed E-state index contributed by atoms with van der Waals surface area (Å²) in [6.07, 6.45) is 1.09. The zero-order valence-corrected chi connectivity index (χ0v) is 21.9. The van der Waals surface area contributed by atoms with Gasteiger partial charge in [-0.2, -0.15) is 0 Å². The Hall–Kier alpha value is -3.81. The third-order valence-corrected chi connectivity index (χ3v) is 6.63. The average Bonchev–Trinajstić information content (AvgIpc) is 2.81. The molecular weight excluding hydrogens is 458 g/mol. The number of hydrogen-bond donors (Lipinski definition) is 2. The van der Waals surface area contributed by atoms with Gasteiger partial charge in [0, 0.05) is 40.6 Å². The molecule has 1 unspecified atom stereocenters. The molecule has 1 aliphatic heterocycles. The van der Waals surface area contributed by atoms with Crippen molar-refractivity contribution in [3.8, 4) is 17.2 Å². The van der Waals surface area contributed by atoms with Gasteiger partial charge in [0.1, 0.15) is 5.82 Å². The smallest absolute Gasteiger partial charge is 0.255 e. The van der Waals surface area contributed by atoms with Gasteiger partial charge in [-0.05, 0) is 55.5 Å². The van der Waals surface area contributed by atoms with Gasteiger partial charge < -0.3 is 24.8 Å². The first-order valence-electron chi connectivity index (χ1n) is 11.9. The van der Waals surface area contributed by atoms with Crippen LogP contribution in [0.1, 0.15) is 50.8 Å². The summed E-state index contributed by atoms with van der Waals surface area (Å²) in [6.45, 7) is 7.88. The second-order valence-corrected chi connectivity index (χ2v) is 10.0. The number of aromatic nitrogens is 1. The topological polar surface area (TPSA) is 98.8 Å². The molecule has 0 fully saturated rings. The van der Waals surface area contributed by atoms with E-state index in [0.717, 1.165) is 11.4 Å². The Bertz CT molecular complexity index is 1270. The minimum absolute atomic E-state index is 0.0129. The van der Waals surface area contributed by atoms with Gasteiger partial charge in [0.2, 0.25) is 5.75 Å². The number of rotatable bonds is 6. The van der Waals surface area contributed by atoms with Gasteiger partial charge in [-0.3, -0.25) is 9.59 Å². The fourth-order valence-electron chi connectivity index (χ4n) is 5.13. The zero-order valence-electron chi connectivity index (χ0n) is 21.9. The highest BCUT2D eigenvalue weighted by molar-refractivity contribution is 6.09.